The fraction of sp³-hybridized carbons (Fsp3) is 0.846. The van der Waals surface area contributed by atoms with Crippen molar-refractivity contribution >= 4 is 0 Å². The van der Waals surface area contributed by atoms with Gasteiger partial charge in [0.25, 0.3) is 0 Å². The summed E-state index contributed by atoms with van der Waals surface area (Å²) in [5, 5.41) is 20.5. The predicted molar refractivity (Wildman–Crippen MR) is 69.9 cm³/mol. The molecule has 1 aliphatic rings. The minimum Gasteiger partial charge on any atom is -0.394 e. The first-order valence-electron chi connectivity index (χ1n) is 6.90. The second kappa shape index (κ2) is 6.29. The number of nitrogens with one attached hydrogen (secondary N) is 1. The minimum atomic E-state index is 0.105. The summed E-state index contributed by atoms with van der Waals surface area (Å²) >= 11 is 0. The first-order chi connectivity index (χ1) is 8.67. The van der Waals surface area contributed by atoms with Gasteiger partial charge in [0.15, 0.2) is 0 Å². The molecule has 2 N–H and O–H groups in total. The lowest BCUT2D eigenvalue weighted by Crippen LogP contribution is -2.36. The molecule has 0 spiro atoms. The van der Waals surface area contributed by atoms with Crippen LogP contribution in [0.25, 0.3) is 0 Å². The van der Waals surface area contributed by atoms with E-state index in [1.54, 1.807) is 4.68 Å². The lowest BCUT2D eigenvalue weighted by atomic mass is 9.80. The molecule has 1 fully saturated rings. The Morgan fingerprint density at radius 2 is 2.06 bits per heavy atom. The van der Waals surface area contributed by atoms with Crippen LogP contribution < -0.4 is 5.32 Å². The summed E-state index contributed by atoms with van der Waals surface area (Å²) in [7, 11) is 0. The van der Waals surface area contributed by atoms with Crippen molar-refractivity contribution in [2.75, 3.05) is 6.61 Å². The van der Waals surface area contributed by atoms with Crippen molar-refractivity contribution in [2.24, 2.45) is 11.8 Å². The maximum Gasteiger partial charge on any atom is 0.0964 e. The summed E-state index contributed by atoms with van der Waals surface area (Å²) < 4.78 is 1.68. The number of rotatable bonds is 5. The van der Waals surface area contributed by atoms with Crippen molar-refractivity contribution in [3.8, 4) is 0 Å². The van der Waals surface area contributed by atoms with Gasteiger partial charge >= 0.3 is 0 Å². The molecular weight excluding hydrogens is 228 g/mol. The highest BCUT2D eigenvalue weighted by Gasteiger charge is 2.23. The van der Waals surface area contributed by atoms with Crippen LogP contribution in [0.1, 0.15) is 38.8 Å². The van der Waals surface area contributed by atoms with Gasteiger partial charge in [-0.3, -0.25) is 0 Å². The van der Waals surface area contributed by atoms with Crippen LogP contribution in [0.3, 0.4) is 0 Å². The zero-order valence-electron chi connectivity index (χ0n) is 11.3. The molecule has 1 saturated carbocycles. The van der Waals surface area contributed by atoms with Crippen molar-refractivity contribution < 1.29 is 5.11 Å². The smallest absolute Gasteiger partial charge is 0.0964 e. The van der Waals surface area contributed by atoms with E-state index in [1.165, 1.54) is 19.3 Å². The third-order valence-corrected chi connectivity index (χ3v) is 3.67. The Balaban J connectivity index is 1.79. The summed E-state index contributed by atoms with van der Waals surface area (Å²) in [4.78, 5) is 0. The van der Waals surface area contributed by atoms with Crippen molar-refractivity contribution in [3.63, 3.8) is 0 Å². The second-order valence-electron chi connectivity index (χ2n) is 5.69. The van der Waals surface area contributed by atoms with Gasteiger partial charge in [0.05, 0.1) is 18.8 Å². The Morgan fingerprint density at radius 1 is 1.33 bits per heavy atom. The van der Waals surface area contributed by atoms with Gasteiger partial charge in [-0.05, 0) is 31.1 Å². The number of aromatic nitrogens is 3. The SMILES string of the molecule is CC1CC(C)CC(NCc2cn(CCO)nn2)C1. The van der Waals surface area contributed by atoms with Gasteiger partial charge in [-0.2, -0.15) is 0 Å². The number of nitrogens with zero attached hydrogens (tertiary/aromatic N) is 3. The van der Waals surface area contributed by atoms with E-state index in [2.05, 4.69) is 29.5 Å². The second-order valence-corrected chi connectivity index (χ2v) is 5.69. The monoisotopic (exact) mass is 252 g/mol. The van der Waals surface area contributed by atoms with E-state index in [0.717, 1.165) is 24.1 Å². The maximum absolute atomic E-state index is 8.82. The van der Waals surface area contributed by atoms with Gasteiger partial charge in [0, 0.05) is 18.8 Å². The standard InChI is InChI=1S/C13H24N4O/c1-10-5-11(2)7-12(6-10)14-8-13-9-17(3-4-18)16-15-13/h9-12,14,18H,3-8H2,1-2H3. The van der Waals surface area contributed by atoms with Gasteiger partial charge in [0.1, 0.15) is 0 Å². The fourth-order valence-electron chi connectivity index (χ4n) is 2.99. The lowest BCUT2D eigenvalue weighted by Gasteiger charge is -2.31. The predicted octanol–water partition coefficient (Wildman–Crippen LogP) is 1.18. The summed E-state index contributed by atoms with van der Waals surface area (Å²) in [6.45, 7) is 6.07. The number of hydrogen-bond acceptors (Lipinski definition) is 4. The molecule has 2 atom stereocenters. The molecule has 5 nitrogen and oxygen atoms in total. The van der Waals surface area contributed by atoms with Gasteiger partial charge < -0.3 is 10.4 Å². The fourth-order valence-corrected chi connectivity index (χ4v) is 2.99. The quantitative estimate of drug-likeness (QED) is 0.826. The molecular formula is C13H24N4O. The van der Waals surface area contributed by atoms with Crippen LogP contribution in [0.5, 0.6) is 0 Å². The van der Waals surface area contributed by atoms with Crippen LogP contribution in [-0.4, -0.2) is 32.7 Å². The van der Waals surface area contributed by atoms with Crippen LogP contribution in [-0.2, 0) is 13.1 Å². The van der Waals surface area contributed by atoms with E-state index in [1.807, 2.05) is 6.20 Å². The zero-order valence-corrected chi connectivity index (χ0v) is 11.3. The van der Waals surface area contributed by atoms with Crippen molar-refractivity contribution in [2.45, 2.75) is 52.2 Å². The van der Waals surface area contributed by atoms with Gasteiger partial charge in [-0.15, -0.1) is 5.10 Å². The van der Waals surface area contributed by atoms with Gasteiger partial charge in [0.2, 0.25) is 0 Å². The van der Waals surface area contributed by atoms with Crippen LogP contribution in [0.4, 0.5) is 0 Å². The van der Waals surface area contributed by atoms with E-state index < -0.39 is 0 Å². The molecule has 18 heavy (non-hydrogen) atoms. The molecule has 0 aliphatic heterocycles. The highest BCUT2D eigenvalue weighted by atomic mass is 16.3. The molecule has 0 saturated heterocycles. The van der Waals surface area contributed by atoms with Crippen LogP contribution in [0, 0.1) is 11.8 Å². The van der Waals surface area contributed by atoms with Crippen molar-refractivity contribution in [1.29, 1.82) is 0 Å². The number of aliphatic hydroxyl groups is 1. The number of hydrogen-bond donors (Lipinski definition) is 2. The average Bonchev–Trinajstić information content (AvgIpc) is 2.74. The Hall–Kier alpha value is -0.940. The summed E-state index contributed by atoms with van der Waals surface area (Å²) in [5.74, 6) is 1.63. The molecule has 102 valence electrons. The van der Waals surface area contributed by atoms with E-state index in [9.17, 15) is 0 Å². The Labute approximate surface area is 109 Å². The average molecular weight is 252 g/mol. The molecule has 1 aromatic rings. The van der Waals surface area contributed by atoms with E-state index in [-0.39, 0.29) is 6.61 Å². The summed E-state index contributed by atoms with van der Waals surface area (Å²) in [6.07, 6.45) is 5.77. The first kappa shape index (κ1) is 13.5. The number of aliphatic hydroxyl groups excluding tert-OH is 1. The molecule has 1 heterocycles. The maximum atomic E-state index is 8.82. The van der Waals surface area contributed by atoms with E-state index >= 15 is 0 Å². The molecule has 1 aromatic heterocycles. The topological polar surface area (TPSA) is 63.0 Å². The van der Waals surface area contributed by atoms with Crippen molar-refractivity contribution in [3.05, 3.63) is 11.9 Å². The van der Waals surface area contributed by atoms with Crippen LogP contribution in [0.2, 0.25) is 0 Å². The largest absolute Gasteiger partial charge is 0.394 e. The molecule has 0 bridgehead atoms. The third-order valence-electron chi connectivity index (χ3n) is 3.67. The highest BCUT2D eigenvalue weighted by molar-refractivity contribution is 4.93. The lowest BCUT2D eigenvalue weighted by molar-refractivity contribution is 0.237. The summed E-state index contributed by atoms with van der Waals surface area (Å²) in [6, 6.07) is 0.603. The Bertz CT molecular complexity index is 356. The van der Waals surface area contributed by atoms with Gasteiger partial charge in [-0.1, -0.05) is 19.1 Å². The molecule has 0 amide bonds. The van der Waals surface area contributed by atoms with Gasteiger partial charge in [-0.25, -0.2) is 4.68 Å². The molecule has 0 radical (unpaired) electrons. The van der Waals surface area contributed by atoms with E-state index in [0.29, 0.717) is 12.6 Å². The van der Waals surface area contributed by atoms with Crippen LogP contribution in [0.15, 0.2) is 6.20 Å². The molecule has 2 rings (SSSR count). The molecule has 2 unspecified atom stereocenters. The minimum absolute atomic E-state index is 0.105. The normalized spacial score (nSPS) is 28.5. The Morgan fingerprint density at radius 3 is 2.72 bits per heavy atom. The van der Waals surface area contributed by atoms with E-state index in [4.69, 9.17) is 5.11 Å². The van der Waals surface area contributed by atoms with Crippen LogP contribution >= 0.6 is 0 Å². The van der Waals surface area contributed by atoms with Crippen molar-refractivity contribution in [1.82, 2.24) is 20.3 Å². The highest BCUT2D eigenvalue weighted by Crippen LogP contribution is 2.28. The molecule has 5 heteroatoms. The molecule has 1 aliphatic carbocycles. The molecule has 0 aromatic carbocycles. The Kier molecular flexibility index (Phi) is 4.72. The zero-order chi connectivity index (χ0) is 13.0. The summed E-state index contributed by atoms with van der Waals surface area (Å²) in [5.41, 5.74) is 0.953. The first-order valence-corrected chi connectivity index (χ1v) is 6.90. The third kappa shape index (κ3) is 3.78.